The third-order valence-corrected chi connectivity index (χ3v) is 4.95. The van der Waals surface area contributed by atoms with Crippen LogP contribution in [0.25, 0.3) is 0 Å². The largest absolute Gasteiger partial charge is 0.493 e. The zero-order valence-electron chi connectivity index (χ0n) is 17.9. The molecule has 0 bridgehead atoms. The monoisotopic (exact) mass is 420 g/mol. The lowest BCUT2D eigenvalue weighted by atomic mass is 10.0. The fraction of sp³-hybridized carbons (Fsp3) is 0.292. The molecule has 1 amide bonds. The summed E-state index contributed by atoms with van der Waals surface area (Å²) in [5.74, 6) is 1.02. The molecule has 2 heterocycles. The topological polar surface area (TPSA) is 85.4 Å². The van der Waals surface area contributed by atoms with Crippen molar-refractivity contribution in [2.24, 2.45) is 0 Å². The molecule has 7 nitrogen and oxygen atoms in total. The zero-order chi connectivity index (χ0) is 21.9. The third kappa shape index (κ3) is 6.26. The number of aromatic nitrogens is 2. The first-order chi connectivity index (χ1) is 15.2. The first kappa shape index (κ1) is 22.2. The molecule has 7 heteroatoms. The molecule has 1 atom stereocenters. The second-order valence-electron chi connectivity index (χ2n) is 6.98. The number of hydrogen-bond donors (Lipinski definition) is 2. The number of benzene rings is 1. The molecule has 1 aromatic carbocycles. The van der Waals surface area contributed by atoms with Gasteiger partial charge in [-0.3, -0.25) is 14.8 Å². The molecule has 0 saturated heterocycles. The van der Waals surface area contributed by atoms with E-state index >= 15 is 0 Å². The summed E-state index contributed by atoms with van der Waals surface area (Å²) < 4.78 is 11.0. The van der Waals surface area contributed by atoms with Crippen molar-refractivity contribution in [1.29, 1.82) is 0 Å². The number of rotatable bonds is 11. The van der Waals surface area contributed by atoms with Gasteiger partial charge >= 0.3 is 0 Å². The lowest BCUT2D eigenvalue weighted by molar-refractivity contribution is -0.123. The molecule has 31 heavy (non-hydrogen) atoms. The van der Waals surface area contributed by atoms with Crippen LogP contribution in [0.1, 0.15) is 22.7 Å². The summed E-state index contributed by atoms with van der Waals surface area (Å²) in [6.45, 7) is 1.13. The van der Waals surface area contributed by atoms with Crippen LogP contribution in [0.15, 0.2) is 67.3 Å². The minimum absolute atomic E-state index is 0.119. The van der Waals surface area contributed by atoms with Crippen molar-refractivity contribution in [3.05, 3.63) is 83.9 Å². The Hall–Kier alpha value is -3.45. The summed E-state index contributed by atoms with van der Waals surface area (Å²) in [4.78, 5) is 21.3. The molecule has 2 N–H and O–H groups in total. The summed E-state index contributed by atoms with van der Waals surface area (Å²) in [6.07, 6.45) is 8.56. The number of nitrogens with zero attached hydrogens (tertiary/aromatic N) is 2. The van der Waals surface area contributed by atoms with E-state index in [2.05, 4.69) is 20.6 Å². The predicted octanol–water partition coefficient (Wildman–Crippen LogP) is 2.73. The van der Waals surface area contributed by atoms with Crippen LogP contribution in [0.5, 0.6) is 11.5 Å². The molecule has 0 fully saturated rings. The number of nitrogens with one attached hydrogen (secondary N) is 2. The van der Waals surface area contributed by atoms with Crippen LogP contribution < -0.4 is 20.1 Å². The van der Waals surface area contributed by atoms with Crippen molar-refractivity contribution in [3.63, 3.8) is 0 Å². The van der Waals surface area contributed by atoms with Gasteiger partial charge in [0, 0.05) is 43.4 Å². The maximum atomic E-state index is 13.1. The van der Waals surface area contributed by atoms with Gasteiger partial charge in [0.15, 0.2) is 11.5 Å². The Morgan fingerprint density at radius 1 is 0.903 bits per heavy atom. The van der Waals surface area contributed by atoms with Crippen molar-refractivity contribution >= 4 is 5.91 Å². The summed E-state index contributed by atoms with van der Waals surface area (Å²) in [5, 5.41) is 6.41. The molecular weight excluding hydrogens is 392 g/mol. The molecule has 0 spiro atoms. The Balaban J connectivity index is 1.72. The number of para-hydroxylation sites is 1. The maximum absolute atomic E-state index is 13.1. The highest BCUT2D eigenvalue weighted by atomic mass is 16.5. The number of ether oxygens (including phenoxy) is 2. The van der Waals surface area contributed by atoms with E-state index in [0.29, 0.717) is 24.6 Å². The van der Waals surface area contributed by atoms with Crippen LogP contribution in [0, 0.1) is 0 Å². The number of amides is 1. The highest BCUT2D eigenvalue weighted by molar-refractivity contribution is 5.84. The molecule has 162 valence electrons. The van der Waals surface area contributed by atoms with Crippen LogP contribution in [-0.2, 0) is 17.6 Å². The fourth-order valence-electron chi connectivity index (χ4n) is 3.37. The number of carbonyl (C=O) groups is 1. The first-order valence-electron chi connectivity index (χ1n) is 10.2. The first-order valence-corrected chi connectivity index (χ1v) is 10.2. The summed E-state index contributed by atoms with van der Waals surface area (Å²) in [7, 11) is 3.16. The van der Waals surface area contributed by atoms with Gasteiger partial charge in [-0.2, -0.15) is 0 Å². The van der Waals surface area contributed by atoms with E-state index in [1.807, 2.05) is 48.7 Å². The summed E-state index contributed by atoms with van der Waals surface area (Å²) in [6, 6.07) is 12.8. The fourth-order valence-corrected chi connectivity index (χ4v) is 3.37. The second kappa shape index (κ2) is 11.7. The zero-order valence-corrected chi connectivity index (χ0v) is 17.9. The summed E-state index contributed by atoms with van der Waals surface area (Å²) in [5.41, 5.74) is 2.95. The lowest BCUT2D eigenvalue weighted by Gasteiger charge is -2.22. The number of carbonyl (C=O) groups excluding carboxylic acids is 1. The highest BCUT2D eigenvalue weighted by Gasteiger charge is 2.25. The standard InChI is InChI=1S/C24H28N4O3/c1-30-21-7-3-6-20(23(21)31-2)22(27-15-11-19-5-4-12-26-17-19)24(29)28-16-10-18-8-13-25-14-9-18/h3-9,12-14,17,22,27H,10-11,15-16H2,1-2H3,(H,28,29). The molecule has 0 radical (unpaired) electrons. The number of methoxy groups -OCH3 is 2. The minimum atomic E-state index is -0.584. The van der Waals surface area contributed by atoms with Gasteiger partial charge in [-0.15, -0.1) is 0 Å². The van der Waals surface area contributed by atoms with Crippen LogP contribution in [0.4, 0.5) is 0 Å². The Kier molecular flexibility index (Phi) is 8.37. The maximum Gasteiger partial charge on any atom is 0.241 e. The van der Waals surface area contributed by atoms with Gasteiger partial charge in [0.1, 0.15) is 6.04 Å². The van der Waals surface area contributed by atoms with Crippen molar-refractivity contribution in [2.45, 2.75) is 18.9 Å². The smallest absolute Gasteiger partial charge is 0.241 e. The lowest BCUT2D eigenvalue weighted by Crippen LogP contribution is -2.39. The average Bonchev–Trinajstić information content (AvgIpc) is 2.82. The van der Waals surface area contributed by atoms with Crippen molar-refractivity contribution in [1.82, 2.24) is 20.6 Å². The van der Waals surface area contributed by atoms with E-state index in [9.17, 15) is 4.79 Å². The van der Waals surface area contributed by atoms with E-state index in [1.54, 1.807) is 32.8 Å². The second-order valence-corrected chi connectivity index (χ2v) is 6.98. The van der Waals surface area contributed by atoms with E-state index in [1.165, 1.54) is 0 Å². The Morgan fingerprint density at radius 3 is 2.42 bits per heavy atom. The highest BCUT2D eigenvalue weighted by Crippen LogP contribution is 2.34. The van der Waals surface area contributed by atoms with Crippen LogP contribution in [0.2, 0.25) is 0 Å². The average molecular weight is 421 g/mol. The quantitative estimate of drug-likeness (QED) is 0.496. The molecule has 1 unspecified atom stereocenters. The van der Waals surface area contributed by atoms with Crippen molar-refractivity contribution in [3.8, 4) is 11.5 Å². The van der Waals surface area contributed by atoms with E-state index in [4.69, 9.17) is 9.47 Å². The van der Waals surface area contributed by atoms with E-state index < -0.39 is 6.04 Å². The van der Waals surface area contributed by atoms with Gasteiger partial charge in [-0.05, 0) is 48.2 Å². The van der Waals surface area contributed by atoms with E-state index in [0.717, 1.165) is 29.5 Å². The van der Waals surface area contributed by atoms with Gasteiger partial charge in [-0.1, -0.05) is 18.2 Å². The molecule has 0 saturated carbocycles. The van der Waals surface area contributed by atoms with Crippen LogP contribution in [-0.4, -0.2) is 43.2 Å². The molecule has 0 aliphatic carbocycles. The van der Waals surface area contributed by atoms with Gasteiger partial charge < -0.3 is 20.1 Å². The van der Waals surface area contributed by atoms with Crippen molar-refractivity contribution < 1.29 is 14.3 Å². The van der Waals surface area contributed by atoms with Gasteiger partial charge in [0.05, 0.1) is 14.2 Å². The molecular formula is C24H28N4O3. The minimum Gasteiger partial charge on any atom is -0.493 e. The Bertz CT molecular complexity index is 952. The van der Waals surface area contributed by atoms with Crippen LogP contribution in [0.3, 0.4) is 0 Å². The molecule has 3 aromatic rings. The van der Waals surface area contributed by atoms with Crippen molar-refractivity contribution in [2.75, 3.05) is 27.3 Å². The molecule has 0 aliphatic rings. The SMILES string of the molecule is COc1cccc(C(NCCc2cccnc2)C(=O)NCCc2ccncc2)c1OC. The molecule has 3 rings (SSSR count). The van der Waals surface area contributed by atoms with Crippen LogP contribution >= 0.6 is 0 Å². The Morgan fingerprint density at radius 2 is 1.71 bits per heavy atom. The Labute approximate surface area is 182 Å². The number of hydrogen-bond acceptors (Lipinski definition) is 6. The molecule has 2 aromatic heterocycles. The molecule has 0 aliphatic heterocycles. The predicted molar refractivity (Wildman–Crippen MR) is 119 cm³/mol. The van der Waals surface area contributed by atoms with E-state index in [-0.39, 0.29) is 5.91 Å². The van der Waals surface area contributed by atoms with Gasteiger partial charge in [0.2, 0.25) is 5.91 Å². The third-order valence-electron chi connectivity index (χ3n) is 4.95. The summed E-state index contributed by atoms with van der Waals surface area (Å²) >= 11 is 0. The number of pyridine rings is 2. The normalized spacial score (nSPS) is 11.5. The van der Waals surface area contributed by atoms with Gasteiger partial charge in [0.25, 0.3) is 0 Å². The van der Waals surface area contributed by atoms with Gasteiger partial charge in [-0.25, -0.2) is 0 Å².